The maximum absolute atomic E-state index is 5.87. The number of nitrogens with zero attached hydrogens (tertiary/aromatic N) is 3. The maximum atomic E-state index is 5.87. The number of benzene rings is 1. The van der Waals surface area contributed by atoms with E-state index in [1.165, 1.54) is 0 Å². The molecule has 0 fully saturated rings. The van der Waals surface area contributed by atoms with Crippen LogP contribution in [-0.4, -0.2) is 42.4 Å². The molecule has 7 nitrogen and oxygen atoms in total. The highest BCUT2D eigenvalue weighted by molar-refractivity contribution is 14.0. The molecule has 8 heteroatoms. The Balaban J connectivity index is 0.00000450. The monoisotopic (exact) mass is 529 g/mol. The molecule has 2 rings (SSSR count). The van der Waals surface area contributed by atoms with Gasteiger partial charge in [-0.15, -0.1) is 24.0 Å². The Morgan fingerprint density at radius 3 is 2.73 bits per heavy atom. The van der Waals surface area contributed by atoms with Crippen molar-refractivity contribution in [3.63, 3.8) is 0 Å². The average Bonchev–Trinajstić information content (AvgIpc) is 3.11. The van der Waals surface area contributed by atoms with Crippen LogP contribution >= 0.6 is 24.0 Å². The van der Waals surface area contributed by atoms with Gasteiger partial charge in [-0.2, -0.15) is 0 Å². The second-order valence-corrected chi connectivity index (χ2v) is 7.39. The number of aromatic nitrogens is 2. The molecule has 2 N–H and O–H groups in total. The van der Waals surface area contributed by atoms with Crippen molar-refractivity contribution >= 4 is 29.9 Å². The highest BCUT2D eigenvalue weighted by Crippen LogP contribution is 2.21. The third-order valence-corrected chi connectivity index (χ3v) is 4.30. The largest absolute Gasteiger partial charge is 0.491 e. The lowest BCUT2D eigenvalue weighted by Gasteiger charge is -2.15. The van der Waals surface area contributed by atoms with Gasteiger partial charge in [0.1, 0.15) is 18.2 Å². The van der Waals surface area contributed by atoms with Crippen LogP contribution in [0.1, 0.15) is 37.7 Å². The van der Waals surface area contributed by atoms with Crippen molar-refractivity contribution in [2.75, 3.05) is 26.9 Å². The van der Waals surface area contributed by atoms with Crippen LogP contribution < -0.4 is 15.4 Å². The van der Waals surface area contributed by atoms with Gasteiger partial charge in [0.15, 0.2) is 5.96 Å². The Bertz CT molecular complexity index is 777. The molecule has 0 aliphatic heterocycles. The Hall–Kier alpha value is -1.81. The molecule has 1 aromatic carbocycles. The van der Waals surface area contributed by atoms with Crippen LogP contribution in [0.2, 0.25) is 0 Å². The summed E-state index contributed by atoms with van der Waals surface area (Å²) in [6.07, 6.45) is 3.87. The first kappa shape index (κ1) is 26.2. The van der Waals surface area contributed by atoms with Crippen LogP contribution in [0.25, 0.3) is 0 Å². The Morgan fingerprint density at radius 1 is 1.23 bits per heavy atom. The van der Waals surface area contributed by atoms with E-state index < -0.39 is 0 Å². The van der Waals surface area contributed by atoms with Gasteiger partial charge in [-0.3, -0.25) is 0 Å². The molecule has 0 bridgehead atoms. The molecular weight excluding hydrogens is 493 g/mol. The van der Waals surface area contributed by atoms with E-state index in [-0.39, 0.29) is 24.0 Å². The number of rotatable bonds is 11. The lowest BCUT2D eigenvalue weighted by Crippen LogP contribution is -2.37. The molecule has 30 heavy (non-hydrogen) atoms. The summed E-state index contributed by atoms with van der Waals surface area (Å²) in [5.74, 6) is 3.19. The average molecular weight is 529 g/mol. The van der Waals surface area contributed by atoms with Gasteiger partial charge in [0, 0.05) is 38.2 Å². The summed E-state index contributed by atoms with van der Waals surface area (Å²) in [5.41, 5.74) is 2.21. The molecule has 0 unspecified atom stereocenters. The zero-order chi connectivity index (χ0) is 21.1. The normalized spacial score (nSPS) is 11.3. The van der Waals surface area contributed by atoms with Crippen molar-refractivity contribution in [1.82, 2.24) is 20.2 Å². The van der Waals surface area contributed by atoms with Crippen molar-refractivity contribution in [2.45, 2.75) is 47.3 Å². The molecule has 1 aromatic heterocycles. The Morgan fingerprint density at radius 2 is 2.03 bits per heavy atom. The van der Waals surface area contributed by atoms with Gasteiger partial charge in [0.05, 0.1) is 19.7 Å². The zero-order valence-electron chi connectivity index (χ0n) is 18.8. The highest BCUT2D eigenvalue weighted by atomic mass is 127. The number of guanidine groups is 1. The van der Waals surface area contributed by atoms with E-state index in [4.69, 9.17) is 14.5 Å². The summed E-state index contributed by atoms with van der Waals surface area (Å²) >= 11 is 0. The van der Waals surface area contributed by atoms with Crippen LogP contribution in [0.3, 0.4) is 0 Å². The van der Waals surface area contributed by atoms with Crippen LogP contribution in [-0.2, 0) is 24.4 Å². The lowest BCUT2D eigenvalue weighted by molar-refractivity contribution is 0.145. The molecular formula is C22H36IN5O2. The third-order valence-electron chi connectivity index (χ3n) is 4.30. The highest BCUT2D eigenvalue weighted by Gasteiger charge is 2.08. The quantitative estimate of drug-likeness (QED) is 0.201. The number of hydrogen-bond acceptors (Lipinski definition) is 4. The fraction of sp³-hybridized carbons (Fsp3) is 0.545. The van der Waals surface area contributed by atoms with Crippen molar-refractivity contribution in [3.8, 4) is 5.75 Å². The predicted molar refractivity (Wildman–Crippen MR) is 133 cm³/mol. The van der Waals surface area contributed by atoms with E-state index in [0.29, 0.717) is 32.2 Å². The van der Waals surface area contributed by atoms with Gasteiger partial charge in [-0.25, -0.2) is 9.98 Å². The Kier molecular flexibility index (Phi) is 12.4. The van der Waals surface area contributed by atoms with Gasteiger partial charge in [0.25, 0.3) is 0 Å². The summed E-state index contributed by atoms with van der Waals surface area (Å²) in [6, 6.07) is 6.20. The number of methoxy groups -OCH3 is 1. The van der Waals surface area contributed by atoms with E-state index >= 15 is 0 Å². The van der Waals surface area contributed by atoms with Crippen molar-refractivity contribution in [2.24, 2.45) is 10.9 Å². The number of aliphatic imine (C=N–C) groups is 1. The summed E-state index contributed by atoms with van der Waals surface area (Å²) < 4.78 is 13.1. The van der Waals surface area contributed by atoms with Crippen LogP contribution in [0.15, 0.2) is 35.6 Å². The van der Waals surface area contributed by atoms with Crippen molar-refractivity contribution < 1.29 is 9.47 Å². The second-order valence-electron chi connectivity index (χ2n) is 7.39. The number of ether oxygens (including phenoxy) is 2. The lowest BCUT2D eigenvalue weighted by atomic mass is 10.1. The molecule has 0 aliphatic rings. The third kappa shape index (κ3) is 8.91. The summed E-state index contributed by atoms with van der Waals surface area (Å²) in [7, 11) is 1.67. The zero-order valence-corrected chi connectivity index (χ0v) is 21.1. The molecule has 0 saturated carbocycles. The van der Waals surface area contributed by atoms with Gasteiger partial charge in [-0.05, 0) is 31.4 Å². The summed E-state index contributed by atoms with van der Waals surface area (Å²) in [4.78, 5) is 9.21. The molecule has 1 heterocycles. The number of nitrogens with one attached hydrogen (secondary N) is 2. The van der Waals surface area contributed by atoms with Gasteiger partial charge >= 0.3 is 0 Å². The predicted octanol–water partition coefficient (Wildman–Crippen LogP) is 3.75. The van der Waals surface area contributed by atoms with E-state index in [1.807, 2.05) is 18.5 Å². The molecule has 0 atom stereocenters. The van der Waals surface area contributed by atoms with Gasteiger partial charge < -0.3 is 24.7 Å². The number of hydrogen-bond donors (Lipinski definition) is 2. The van der Waals surface area contributed by atoms with Crippen LogP contribution in [0.4, 0.5) is 0 Å². The minimum atomic E-state index is 0. The molecule has 168 valence electrons. The first-order valence-electron chi connectivity index (χ1n) is 10.3. The topological polar surface area (TPSA) is 72.7 Å². The van der Waals surface area contributed by atoms with Crippen LogP contribution in [0.5, 0.6) is 5.75 Å². The smallest absolute Gasteiger partial charge is 0.191 e. The van der Waals surface area contributed by atoms with Gasteiger partial charge in [0.2, 0.25) is 0 Å². The summed E-state index contributed by atoms with van der Waals surface area (Å²) in [6.45, 7) is 12.5. The van der Waals surface area contributed by atoms with E-state index in [9.17, 15) is 0 Å². The summed E-state index contributed by atoms with van der Waals surface area (Å²) in [5, 5.41) is 6.68. The fourth-order valence-corrected chi connectivity index (χ4v) is 2.90. The number of imidazole rings is 1. The van der Waals surface area contributed by atoms with Crippen molar-refractivity contribution in [1.29, 1.82) is 0 Å². The van der Waals surface area contributed by atoms with Crippen molar-refractivity contribution in [3.05, 3.63) is 47.5 Å². The van der Waals surface area contributed by atoms with E-state index in [2.05, 4.69) is 60.0 Å². The SMILES string of the molecule is CCNC(=NCc1ccc(C)cc1OCCOC)NCc1nccn1CC(C)C.I. The first-order chi connectivity index (χ1) is 14.0. The standard InChI is InChI=1S/C22H35N5O2.HI/c1-6-23-22(26-15-21-24-9-10-27(21)16-17(2)3)25-14-19-8-7-18(4)13-20(19)29-12-11-28-5;/h7-10,13,17H,6,11-12,14-16H2,1-5H3,(H2,23,25,26);1H. The first-order valence-corrected chi connectivity index (χ1v) is 10.3. The minimum Gasteiger partial charge on any atom is -0.491 e. The Labute approximate surface area is 197 Å². The second kappa shape index (κ2) is 14.2. The molecule has 0 saturated heterocycles. The molecule has 0 radical (unpaired) electrons. The molecule has 0 amide bonds. The van der Waals surface area contributed by atoms with E-state index in [1.54, 1.807) is 7.11 Å². The van der Waals surface area contributed by atoms with Gasteiger partial charge in [-0.1, -0.05) is 26.0 Å². The molecule has 0 spiro atoms. The number of halogens is 1. The minimum absolute atomic E-state index is 0. The molecule has 0 aliphatic carbocycles. The number of aryl methyl sites for hydroxylation is 1. The fourth-order valence-electron chi connectivity index (χ4n) is 2.90. The molecule has 2 aromatic rings. The van der Waals surface area contributed by atoms with E-state index in [0.717, 1.165) is 41.7 Å². The maximum Gasteiger partial charge on any atom is 0.191 e. The van der Waals surface area contributed by atoms with Crippen LogP contribution in [0, 0.1) is 12.8 Å².